The Hall–Kier alpha value is -3.74. The van der Waals surface area contributed by atoms with E-state index in [1.165, 1.54) is 12.2 Å². The van der Waals surface area contributed by atoms with Gasteiger partial charge in [0.1, 0.15) is 12.6 Å². The van der Waals surface area contributed by atoms with Crippen LogP contribution in [0.15, 0.2) is 54.6 Å². The fraction of sp³-hybridized carbons (Fsp3) is 0.250. The van der Waals surface area contributed by atoms with Crippen molar-refractivity contribution in [1.29, 1.82) is 0 Å². The van der Waals surface area contributed by atoms with Crippen molar-refractivity contribution in [2.45, 2.75) is 31.9 Å². The van der Waals surface area contributed by atoms with Crippen molar-refractivity contribution in [3.63, 3.8) is 0 Å². The maximum Gasteiger partial charge on any atom is 0.331 e. The van der Waals surface area contributed by atoms with Crippen LogP contribution in [0.1, 0.15) is 51.1 Å². The van der Waals surface area contributed by atoms with Crippen molar-refractivity contribution in [1.82, 2.24) is 10.2 Å². The van der Waals surface area contributed by atoms with Gasteiger partial charge in [0, 0.05) is 12.6 Å². The summed E-state index contributed by atoms with van der Waals surface area (Å²) in [5.41, 5.74) is 1.74. The van der Waals surface area contributed by atoms with Gasteiger partial charge in [-0.05, 0) is 42.5 Å². The summed E-state index contributed by atoms with van der Waals surface area (Å²) >= 11 is 0. The zero-order valence-corrected chi connectivity index (χ0v) is 16.9. The summed E-state index contributed by atoms with van der Waals surface area (Å²) in [6, 6.07) is 13.3. The van der Waals surface area contributed by atoms with Crippen molar-refractivity contribution in [3.05, 3.63) is 76.9 Å². The van der Waals surface area contributed by atoms with Crippen molar-refractivity contribution in [2.75, 3.05) is 6.54 Å². The van der Waals surface area contributed by atoms with Gasteiger partial charge in [0.2, 0.25) is 5.91 Å². The molecule has 158 valence electrons. The number of hydrogen-bond acceptors (Lipinski definition) is 5. The molecule has 0 aromatic heterocycles. The third-order valence-electron chi connectivity index (χ3n) is 5.42. The van der Waals surface area contributed by atoms with Gasteiger partial charge < -0.3 is 10.1 Å². The highest BCUT2D eigenvalue weighted by atomic mass is 16.5. The number of fused-ring (bicyclic) bond motifs is 1. The van der Waals surface area contributed by atoms with E-state index in [1.807, 2.05) is 30.3 Å². The molecular weight excluding hydrogens is 396 g/mol. The first-order chi connectivity index (χ1) is 15.1. The van der Waals surface area contributed by atoms with Crippen molar-refractivity contribution < 1.29 is 23.9 Å². The summed E-state index contributed by atoms with van der Waals surface area (Å²) in [6.07, 6.45) is 4.70. The van der Waals surface area contributed by atoms with Crippen LogP contribution in [0.2, 0.25) is 0 Å². The van der Waals surface area contributed by atoms with E-state index >= 15 is 0 Å². The molecule has 7 nitrogen and oxygen atoms in total. The molecule has 1 fully saturated rings. The Balaban J connectivity index is 1.52. The van der Waals surface area contributed by atoms with Crippen LogP contribution in [0.5, 0.6) is 0 Å². The molecule has 0 spiro atoms. The lowest BCUT2D eigenvalue weighted by atomic mass is 10.0. The molecule has 2 aromatic carbocycles. The van der Waals surface area contributed by atoms with E-state index in [0.717, 1.165) is 23.3 Å². The molecule has 1 saturated heterocycles. The first-order valence-electron chi connectivity index (χ1n) is 10.2. The Morgan fingerprint density at radius 1 is 1.03 bits per heavy atom. The molecule has 0 radical (unpaired) electrons. The molecule has 0 saturated carbocycles. The fourth-order valence-corrected chi connectivity index (χ4v) is 3.86. The molecule has 2 heterocycles. The second kappa shape index (κ2) is 8.95. The summed E-state index contributed by atoms with van der Waals surface area (Å²) < 4.78 is 5.22. The Kier molecular flexibility index (Phi) is 5.93. The van der Waals surface area contributed by atoms with Gasteiger partial charge in [-0.15, -0.1) is 0 Å². The number of benzene rings is 2. The van der Waals surface area contributed by atoms with Gasteiger partial charge in [-0.2, -0.15) is 0 Å². The van der Waals surface area contributed by atoms with Crippen LogP contribution in [-0.2, 0) is 20.9 Å². The van der Waals surface area contributed by atoms with Gasteiger partial charge in [0.15, 0.2) is 0 Å². The minimum absolute atomic E-state index is 0.138. The van der Waals surface area contributed by atoms with Crippen LogP contribution in [-0.4, -0.2) is 41.2 Å². The molecule has 7 heteroatoms. The molecule has 2 aliphatic rings. The van der Waals surface area contributed by atoms with Crippen molar-refractivity contribution >= 4 is 29.8 Å². The van der Waals surface area contributed by atoms with E-state index in [1.54, 1.807) is 18.2 Å². The SMILES string of the molecule is O=C(C=Cc1cccc2c1C(=O)N(C1CCCCNC1=O)C2=O)OCc1ccccc1. The first-order valence-corrected chi connectivity index (χ1v) is 10.2. The van der Waals surface area contributed by atoms with Crippen molar-refractivity contribution in [2.24, 2.45) is 0 Å². The third kappa shape index (κ3) is 4.26. The maximum absolute atomic E-state index is 13.1. The van der Waals surface area contributed by atoms with Gasteiger partial charge in [-0.25, -0.2) is 4.79 Å². The van der Waals surface area contributed by atoms with E-state index in [-0.39, 0.29) is 23.6 Å². The average Bonchev–Trinajstić information content (AvgIpc) is 2.91. The summed E-state index contributed by atoms with van der Waals surface area (Å²) in [7, 11) is 0. The van der Waals surface area contributed by atoms with Gasteiger partial charge in [-0.1, -0.05) is 42.5 Å². The molecule has 0 aliphatic carbocycles. The maximum atomic E-state index is 13.1. The lowest BCUT2D eigenvalue weighted by Gasteiger charge is -2.23. The highest BCUT2D eigenvalue weighted by Crippen LogP contribution is 2.30. The molecule has 0 bridgehead atoms. The summed E-state index contributed by atoms with van der Waals surface area (Å²) in [6.45, 7) is 0.677. The Morgan fingerprint density at radius 2 is 1.84 bits per heavy atom. The number of nitrogens with one attached hydrogen (secondary N) is 1. The lowest BCUT2D eigenvalue weighted by molar-refractivity contribution is -0.138. The number of carbonyl (C=O) groups is 4. The second-order valence-corrected chi connectivity index (χ2v) is 7.48. The van der Waals surface area contributed by atoms with E-state index in [0.29, 0.717) is 18.5 Å². The summed E-state index contributed by atoms with van der Waals surface area (Å²) in [4.78, 5) is 51.6. The predicted molar refractivity (Wildman–Crippen MR) is 113 cm³/mol. The first kappa shape index (κ1) is 20.5. The number of esters is 1. The highest BCUT2D eigenvalue weighted by molar-refractivity contribution is 6.24. The average molecular weight is 418 g/mol. The number of amides is 3. The molecule has 2 aliphatic heterocycles. The second-order valence-electron chi connectivity index (χ2n) is 7.48. The monoisotopic (exact) mass is 418 g/mol. The smallest absolute Gasteiger partial charge is 0.331 e. The standard InChI is InChI=1S/C24H22N2O5/c27-20(31-15-16-7-2-1-3-8-16)13-12-17-9-6-10-18-21(17)24(30)26(23(18)29)19-11-4-5-14-25-22(19)28/h1-3,6-10,12-13,19H,4-5,11,14-15H2,(H,25,28). The number of ether oxygens (including phenoxy) is 1. The Bertz CT molecular complexity index is 1060. The quantitative estimate of drug-likeness (QED) is 0.458. The number of carbonyl (C=O) groups excluding carboxylic acids is 4. The molecule has 1 unspecified atom stereocenters. The normalized spacial score (nSPS) is 18.6. The van der Waals surface area contributed by atoms with E-state index in [2.05, 4.69) is 5.32 Å². The molecule has 31 heavy (non-hydrogen) atoms. The molecule has 3 amide bonds. The summed E-state index contributed by atoms with van der Waals surface area (Å²) in [5.74, 6) is -1.87. The number of imide groups is 1. The van der Waals surface area contributed by atoms with Crippen molar-refractivity contribution in [3.8, 4) is 0 Å². The Labute approximate surface area is 179 Å². The van der Waals surface area contributed by atoms with Crippen LogP contribution >= 0.6 is 0 Å². The van der Waals surface area contributed by atoms with Gasteiger partial charge >= 0.3 is 5.97 Å². The van der Waals surface area contributed by atoms with E-state index in [9.17, 15) is 19.2 Å². The molecule has 1 N–H and O–H groups in total. The van der Waals surface area contributed by atoms with E-state index < -0.39 is 23.8 Å². The fourth-order valence-electron chi connectivity index (χ4n) is 3.86. The zero-order valence-electron chi connectivity index (χ0n) is 16.9. The third-order valence-corrected chi connectivity index (χ3v) is 5.42. The topological polar surface area (TPSA) is 92.8 Å². The minimum atomic E-state index is -0.817. The van der Waals surface area contributed by atoms with Crippen LogP contribution in [0, 0.1) is 0 Å². The lowest BCUT2D eigenvalue weighted by Crippen LogP contribution is -2.48. The molecule has 2 aromatic rings. The van der Waals surface area contributed by atoms with Gasteiger partial charge in [-0.3, -0.25) is 19.3 Å². The van der Waals surface area contributed by atoms with Gasteiger partial charge in [0.05, 0.1) is 11.1 Å². The predicted octanol–water partition coefficient (Wildman–Crippen LogP) is 2.71. The molecule has 1 atom stereocenters. The van der Waals surface area contributed by atoms with Gasteiger partial charge in [0.25, 0.3) is 11.8 Å². The number of hydrogen-bond donors (Lipinski definition) is 1. The largest absolute Gasteiger partial charge is 0.458 e. The highest BCUT2D eigenvalue weighted by Gasteiger charge is 2.43. The zero-order chi connectivity index (χ0) is 21.8. The molecule has 4 rings (SSSR count). The van der Waals surface area contributed by atoms with Crippen LogP contribution in [0.25, 0.3) is 6.08 Å². The van der Waals surface area contributed by atoms with Crippen LogP contribution in [0.3, 0.4) is 0 Å². The summed E-state index contributed by atoms with van der Waals surface area (Å²) in [5, 5.41) is 2.76. The van der Waals surface area contributed by atoms with Crippen LogP contribution < -0.4 is 5.32 Å². The van der Waals surface area contributed by atoms with E-state index in [4.69, 9.17) is 4.74 Å². The number of rotatable bonds is 5. The number of nitrogens with zero attached hydrogens (tertiary/aromatic N) is 1. The Morgan fingerprint density at radius 3 is 2.65 bits per heavy atom. The van der Waals surface area contributed by atoms with Crippen LogP contribution in [0.4, 0.5) is 0 Å². The minimum Gasteiger partial charge on any atom is -0.458 e. The molecular formula is C24H22N2O5.